The molecule has 0 N–H and O–H groups in total. The Balaban J connectivity index is 1.49. The van der Waals surface area contributed by atoms with Crippen molar-refractivity contribution in [2.45, 2.75) is 76.7 Å². The van der Waals surface area contributed by atoms with Gasteiger partial charge in [0.05, 0.1) is 11.5 Å². The van der Waals surface area contributed by atoms with Crippen molar-refractivity contribution in [3.8, 4) is 0 Å². The monoisotopic (exact) mass is 250 g/mol. The average Bonchev–Trinajstić information content (AvgIpc) is 2.77. The van der Waals surface area contributed by atoms with Gasteiger partial charge in [-0.15, -0.1) is 0 Å². The lowest BCUT2D eigenvalue weighted by Crippen LogP contribution is -2.54. The van der Waals surface area contributed by atoms with Gasteiger partial charge in [0.1, 0.15) is 5.78 Å². The fourth-order valence-electron chi connectivity index (χ4n) is 4.22. The number of hydrogen-bond donors (Lipinski definition) is 0. The first kappa shape index (κ1) is 12.7. The molecule has 0 heterocycles. The average molecular weight is 250 g/mol. The topological polar surface area (TPSA) is 26.3 Å². The first-order valence-corrected chi connectivity index (χ1v) is 7.96. The van der Waals surface area contributed by atoms with E-state index in [0.717, 1.165) is 25.4 Å². The quantitative estimate of drug-likeness (QED) is 0.711. The summed E-state index contributed by atoms with van der Waals surface area (Å²) in [5.41, 5.74) is -0.0231. The smallest absolute Gasteiger partial charge is 0.144 e. The highest BCUT2D eigenvalue weighted by atomic mass is 16.5. The molecule has 3 saturated carbocycles. The molecular weight excluding hydrogens is 224 g/mol. The molecule has 0 aromatic heterocycles. The predicted octanol–water partition coefficient (Wildman–Crippen LogP) is 3.88. The van der Waals surface area contributed by atoms with E-state index in [1.807, 2.05) is 0 Å². The number of ketones is 1. The van der Waals surface area contributed by atoms with Crippen LogP contribution in [-0.4, -0.2) is 18.5 Å². The van der Waals surface area contributed by atoms with Crippen molar-refractivity contribution in [1.29, 1.82) is 0 Å². The van der Waals surface area contributed by atoms with Gasteiger partial charge in [-0.2, -0.15) is 0 Å². The summed E-state index contributed by atoms with van der Waals surface area (Å²) in [6, 6.07) is 0. The Morgan fingerprint density at radius 1 is 1.00 bits per heavy atom. The van der Waals surface area contributed by atoms with Gasteiger partial charge in [0.2, 0.25) is 0 Å². The zero-order valence-electron chi connectivity index (χ0n) is 11.5. The van der Waals surface area contributed by atoms with E-state index in [0.29, 0.717) is 12.2 Å². The Bertz CT molecular complexity index is 296. The zero-order valence-corrected chi connectivity index (χ0v) is 11.5. The van der Waals surface area contributed by atoms with Crippen LogP contribution in [0.4, 0.5) is 0 Å². The van der Waals surface area contributed by atoms with E-state index in [4.69, 9.17) is 4.74 Å². The van der Waals surface area contributed by atoms with Crippen molar-refractivity contribution in [2.24, 2.45) is 11.3 Å². The third-order valence-corrected chi connectivity index (χ3v) is 5.55. The Hall–Kier alpha value is -0.370. The van der Waals surface area contributed by atoms with E-state index >= 15 is 0 Å². The lowest BCUT2D eigenvalue weighted by atomic mass is 9.63. The van der Waals surface area contributed by atoms with E-state index in [9.17, 15) is 4.79 Å². The van der Waals surface area contributed by atoms with Crippen LogP contribution in [0, 0.1) is 11.3 Å². The molecule has 3 fully saturated rings. The minimum absolute atomic E-state index is 0.0231. The fourth-order valence-corrected chi connectivity index (χ4v) is 4.22. The molecular formula is C16H26O2. The summed E-state index contributed by atoms with van der Waals surface area (Å²) in [5.74, 6) is 1.26. The van der Waals surface area contributed by atoms with Gasteiger partial charge in [0.25, 0.3) is 0 Å². The summed E-state index contributed by atoms with van der Waals surface area (Å²) in [5, 5.41) is 0. The number of Topliss-reactive ketones (excluding diaryl/α,β-unsaturated/α-hetero) is 1. The van der Waals surface area contributed by atoms with Crippen LogP contribution >= 0.6 is 0 Å². The summed E-state index contributed by atoms with van der Waals surface area (Å²) in [4.78, 5) is 11.9. The summed E-state index contributed by atoms with van der Waals surface area (Å²) in [6.07, 6.45) is 13.9. The minimum Gasteiger partial charge on any atom is -0.376 e. The van der Waals surface area contributed by atoms with E-state index in [1.165, 1.54) is 51.4 Å². The molecule has 1 unspecified atom stereocenters. The predicted molar refractivity (Wildman–Crippen MR) is 71.5 cm³/mol. The molecule has 2 heteroatoms. The van der Waals surface area contributed by atoms with Crippen molar-refractivity contribution in [3.63, 3.8) is 0 Å². The molecule has 0 aromatic rings. The molecule has 3 aliphatic carbocycles. The Morgan fingerprint density at radius 3 is 2.28 bits per heavy atom. The van der Waals surface area contributed by atoms with Crippen molar-refractivity contribution in [2.75, 3.05) is 6.61 Å². The molecule has 0 amide bonds. The van der Waals surface area contributed by atoms with Crippen LogP contribution in [0.2, 0.25) is 0 Å². The molecule has 3 aliphatic rings. The molecule has 18 heavy (non-hydrogen) atoms. The van der Waals surface area contributed by atoms with E-state index in [-0.39, 0.29) is 11.5 Å². The number of hydrogen-bond acceptors (Lipinski definition) is 2. The van der Waals surface area contributed by atoms with Gasteiger partial charge in [0, 0.05) is 13.0 Å². The molecule has 1 spiro atoms. The maximum atomic E-state index is 11.9. The van der Waals surface area contributed by atoms with Gasteiger partial charge in [-0.1, -0.05) is 38.5 Å². The summed E-state index contributed by atoms with van der Waals surface area (Å²) in [6.45, 7) is 0.916. The second-order valence-corrected chi connectivity index (χ2v) is 6.67. The number of ether oxygens (including phenoxy) is 1. The lowest BCUT2D eigenvalue weighted by Gasteiger charge is -2.45. The van der Waals surface area contributed by atoms with Gasteiger partial charge in [0.15, 0.2) is 0 Å². The zero-order chi connectivity index (χ0) is 12.4. The van der Waals surface area contributed by atoms with Crippen LogP contribution in [-0.2, 0) is 9.53 Å². The Kier molecular flexibility index (Phi) is 3.74. The minimum atomic E-state index is -0.0231. The molecule has 2 nitrogen and oxygen atoms in total. The Labute approximate surface area is 110 Å². The Morgan fingerprint density at radius 2 is 1.67 bits per heavy atom. The van der Waals surface area contributed by atoms with Gasteiger partial charge in [-0.05, 0) is 31.6 Å². The SMILES string of the molecule is O=C1CC(OCC2CCCCCC2)C12CCCC2. The first-order chi connectivity index (χ1) is 8.81. The fraction of sp³-hybridized carbons (Fsp3) is 0.938. The highest BCUT2D eigenvalue weighted by molar-refractivity contribution is 5.92. The number of carbonyl (C=O) groups is 1. The maximum absolute atomic E-state index is 11.9. The molecule has 0 saturated heterocycles. The molecule has 1 atom stereocenters. The second kappa shape index (κ2) is 5.32. The normalized spacial score (nSPS) is 32.4. The first-order valence-electron chi connectivity index (χ1n) is 7.96. The van der Waals surface area contributed by atoms with Gasteiger partial charge in [-0.25, -0.2) is 0 Å². The van der Waals surface area contributed by atoms with E-state index < -0.39 is 0 Å². The van der Waals surface area contributed by atoms with Gasteiger partial charge >= 0.3 is 0 Å². The van der Waals surface area contributed by atoms with E-state index in [2.05, 4.69) is 0 Å². The number of carbonyl (C=O) groups excluding carboxylic acids is 1. The largest absolute Gasteiger partial charge is 0.376 e. The van der Waals surface area contributed by atoms with Crippen LogP contribution < -0.4 is 0 Å². The summed E-state index contributed by atoms with van der Waals surface area (Å²) < 4.78 is 6.16. The number of rotatable bonds is 3. The summed E-state index contributed by atoms with van der Waals surface area (Å²) >= 11 is 0. The second-order valence-electron chi connectivity index (χ2n) is 6.67. The van der Waals surface area contributed by atoms with Gasteiger partial charge in [-0.3, -0.25) is 4.79 Å². The summed E-state index contributed by atoms with van der Waals surface area (Å²) in [7, 11) is 0. The van der Waals surface area contributed by atoms with Crippen molar-refractivity contribution < 1.29 is 9.53 Å². The molecule has 0 aromatic carbocycles. The van der Waals surface area contributed by atoms with Gasteiger partial charge < -0.3 is 4.74 Å². The molecule has 0 bridgehead atoms. The molecule has 0 radical (unpaired) electrons. The van der Waals surface area contributed by atoms with Crippen LogP contribution in [0.25, 0.3) is 0 Å². The van der Waals surface area contributed by atoms with Crippen molar-refractivity contribution >= 4 is 5.78 Å². The van der Waals surface area contributed by atoms with Crippen LogP contribution in [0.5, 0.6) is 0 Å². The maximum Gasteiger partial charge on any atom is 0.144 e. The molecule has 102 valence electrons. The van der Waals surface area contributed by atoms with Crippen molar-refractivity contribution in [3.05, 3.63) is 0 Å². The lowest BCUT2D eigenvalue weighted by molar-refractivity contribution is -0.164. The highest BCUT2D eigenvalue weighted by Gasteiger charge is 2.56. The van der Waals surface area contributed by atoms with Crippen LogP contribution in [0.3, 0.4) is 0 Å². The molecule has 0 aliphatic heterocycles. The third kappa shape index (κ3) is 2.24. The standard InChI is InChI=1S/C16H26O2/c17-14-11-15(16(14)9-5-6-10-16)18-12-13-7-3-1-2-4-8-13/h13,15H,1-12H2. The van der Waals surface area contributed by atoms with E-state index in [1.54, 1.807) is 0 Å². The third-order valence-electron chi connectivity index (χ3n) is 5.55. The van der Waals surface area contributed by atoms with Crippen LogP contribution in [0.1, 0.15) is 70.6 Å². The highest BCUT2D eigenvalue weighted by Crippen LogP contribution is 2.52. The van der Waals surface area contributed by atoms with Crippen molar-refractivity contribution in [1.82, 2.24) is 0 Å². The molecule has 3 rings (SSSR count). The van der Waals surface area contributed by atoms with Crippen LogP contribution in [0.15, 0.2) is 0 Å².